The van der Waals surface area contributed by atoms with Crippen molar-refractivity contribution in [2.24, 2.45) is 5.92 Å². The Morgan fingerprint density at radius 3 is 2.38 bits per heavy atom. The Kier molecular flexibility index (Phi) is 4.81. The standard InChI is InChI=1S/C12H20O/c1-2-7-12(13)10-11-8-5-3-4-6-9-11/h2,11H,1,3-10H2. The van der Waals surface area contributed by atoms with Gasteiger partial charge in [-0.2, -0.15) is 0 Å². The van der Waals surface area contributed by atoms with Crippen LogP contribution in [-0.2, 0) is 4.79 Å². The molecule has 1 aliphatic rings. The first-order valence-corrected chi connectivity index (χ1v) is 5.45. The molecule has 0 aromatic rings. The maximum Gasteiger partial charge on any atom is 0.136 e. The lowest BCUT2D eigenvalue weighted by Crippen LogP contribution is -2.06. The van der Waals surface area contributed by atoms with Gasteiger partial charge in [0.2, 0.25) is 0 Å². The molecular formula is C12H20O. The first kappa shape index (κ1) is 10.5. The predicted molar refractivity (Wildman–Crippen MR) is 55.6 cm³/mol. The van der Waals surface area contributed by atoms with Crippen LogP contribution in [0.25, 0.3) is 0 Å². The highest BCUT2D eigenvalue weighted by Crippen LogP contribution is 2.25. The average molecular weight is 180 g/mol. The smallest absolute Gasteiger partial charge is 0.136 e. The van der Waals surface area contributed by atoms with Crippen LogP contribution >= 0.6 is 0 Å². The van der Waals surface area contributed by atoms with Crippen molar-refractivity contribution >= 4 is 5.78 Å². The van der Waals surface area contributed by atoms with Gasteiger partial charge in [0, 0.05) is 12.8 Å². The summed E-state index contributed by atoms with van der Waals surface area (Å²) >= 11 is 0. The SMILES string of the molecule is C=CCC(=O)CC1CCCCCC1. The van der Waals surface area contributed by atoms with Crippen molar-refractivity contribution < 1.29 is 4.79 Å². The third-order valence-corrected chi connectivity index (χ3v) is 2.86. The van der Waals surface area contributed by atoms with E-state index in [2.05, 4.69) is 6.58 Å². The van der Waals surface area contributed by atoms with Crippen LogP contribution in [-0.4, -0.2) is 5.78 Å². The maximum absolute atomic E-state index is 11.4. The molecule has 0 unspecified atom stereocenters. The van der Waals surface area contributed by atoms with Crippen molar-refractivity contribution in [3.63, 3.8) is 0 Å². The van der Waals surface area contributed by atoms with Gasteiger partial charge in [-0.05, 0) is 5.92 Å². The van der Waals surface area contributed by atoms with Crippen molar-refractivity contribution in [3.8, 4) is 0 Å². The first-order chi connectivity index (χ1) is 6.33. The summed E-state index contributed by atoms with van der Waals surface area (Å²) < 4.78 is 0. The van der Waals surface area contributed by atoms with E-state index in [0.717, 1.165) is 6.42 Å². The number of hydrogen-bond acceptors (Lipinski definition) is 1. The van der Waals surface area contributed by atoms with Gasteiger partial charge in [0.25, 0.3) is 0 Å². The molecule has 0 saturated heterocycles. The fourth-order valence-corrected chi connectivity index (χ4v) is 2.13. The molecule has 1 fully saturated rings. The molecule has 1 rings (SSSR count). The number of Topliss-reactive ketones (excluding diaryl/α,β-unsaturated/α-hetero) is 1. The van der Waals surface area contributed by atoms with Crippen LogP contribution in [0.3, 0.4) is 0 Å². The summed E-state index contributed by atoms with van der Waals surface area (Å²) in [6.07, 6.45) is 11.0. The Labute approximate surface area is 81.2 Å². The minimum atomic E-state index is 0.377. The average Bonchev–Trinajstić information content (AvgIpc) is 2.33. The Hall–Kier alpha value is -0.590. The van der Waals surface area contributed by atoms with Gasteiger partial charge in [0.05, 0.1) is 0 Å². The fraction of sp³-hybridized carbons (Fsp3) is 0.750. The van der Waals surface area contributed by atoms with Gasteiger partial charge in [0.15, 0.2) is 0 Å². The molecule has 0 heterocycles. The Morgan fingerprint density at radius 2 is 1.85 bits per heavy atom. The molecular weight excluding hydrogens is 160 g/mol. The quantitative estimate of drug-likeness (QED) is 0.478. The highest BCUT2D eigenvalue weighted by molar-refractivity contribution is 5.79. The van der Waals surface area contributed by atoms with E-state index in [1.165, 1.54) is 38.5 Å². The molecule has 0 aromatic carbocycles. The van der Waals surface area contributed by atoms with Gasteiger partial charge >= 0.3 is 0 Å². The zero-order chi connectivity index (χ0) is 9.52. The Bertz CT molecular complexity index is 164. The molecule has 1 heteroatoms. The Morgan fingerprint density at radius 1 is 1.23 bits per heavy atom. The fourth-order valence-electron chi connectivity index (χ4n) is 2.13. The highest BCUT2D eigenvalue weighted by atomic mass is 16.1. The molecule has 13 heavy (non-hydrogen) atoms. The van der Waals surface area contributed by atoms with Crippen molar-refractivity contribution in [1.82, 2.24) is 0 Å². The normalized spacial score (nSPS) is 19.4. The predicted octanol–water partition coefficient (Wildman–Crippen LogP) is 3.49. The molecule has 0 spiro atoms. The van der Waals surface area contributed by atoms with Gasteiger partial charge in [-0.1, -0.05) is 44.6 Å². The summed E-state index contributed by atoms with van der Waals surface area (Å²) in [5.74, 6) is 1.05. The van der Waals surface area contributed by atoms with Gasteiger partial charge < -0.3 is 0 Å². The molecule has 0 amide bonds. The van der Waals surface area contributed by atoms with E-state index >= 15 is 0 Å². The van der Waals surface area contributed by atoms with Crippen LogP contribution in [0.5, 0.6) is 0 Å². The summed E-state index contributed by atoms with van der Waals surface area (Å²) in [4.78, 5) is 11.4. The number of ketones is 1. The molecule has 0 aromatic heterocycles. The summed E-state index contributed by atoms with van der Waals surface area (Å²) in [7, 11) is 0. The second kappa shape index (κ2) is 5.95. The summed E-state index contributed by atoms with van der Waals surface area (Å²) in [6, 6.07) is 0. The molecule has 1 aliphatic carbocycles. The Balaban J connectivity index is 2.25. The van der Waals surface area contributed by atoms with Crippen molar-refractivity contribution in [2.45, 2.75) is 51.4 Å². The number of carbonyl (C=O) groups excluding carboxylic acids is 1. The van der Waals surface area contributed by atoms with E-state index in [4.69, 9.17) is 0 Å². The van der Waals surface area contributed by atoms with Gasteiger partial charge in [-0.15, -0.1) is 6.58 Å². The summed E-state index contributed by atoms with van der Waals surface area (Å²) in [5.41, 5.74) is 0. The third-order valence-electron chi connectivity index (χ3n) is 2.86. The van der Waals surface area contributed by atoms with Crippen LogP contribution in [0.4, 0.5) is 0 Å². The van der Waals surface area contributed by atoms with Crippen LogP contribution in [0.2, 0.25) is 0 Å². The number of hydrogen-bond donors (Lipinski definition) is 0. The van der Waals surface area contributed by atoms with Crippen molar-refractivity contribution in [2.75, 3.05) is 0 Å². The maximum atomic E-state index is 11.4. The van der Waals surface area contributed by atoms with E-state index in [0.29, 0.717) is 18.1 Å². The lowest BCUT2D eigenvalue weighted by molar-refractivity contribution is -0.119. The van der Waals surface area contributed by atoms with E-state index in [-0.39, 0.29) is 0 Å². The lowest BCUT2D eigenvalue weighted by atomic mass is 9.93. The van der Waals surface area contributed by atoms with Gasteiger partial charge in [-0.25, -0.2) is 0 Å². The second-order valence-corrected chi connectivity index (χ2v) is 4.09. The van der Waals surface area contributed by atoms with Crippen LogP contribution < -0.4 is 0 Å². The van der Waals surface area contributed by atoms with Crippen LogP contribution in [0, 0.1) is 5.92 Å². The van der Waals surface area contributed by atoms with Crippen molar-refractivity contribution in [3.05, 3.63) is 12.7 Å². The van der Waals surface area contributed by atoms with E-state index < -0.39 is 0 Å². The zero-order valence-corrected chi connectivity index (χ0v) is 8.43. The molecule has 0 N–H and O–H groups in total. The monoisotopic (exact) mass is 180 g/mol. The minimum Gasteiger partial charge on any atom is -0.299 e. The van der Waals surface area contributed by atoms with Crippen LogP contribution in [0.15, 0.2) is 12.7 Å². The molecule has 1 nitrogen and oxygen atoms in total. The largest absolute Gasteiger partial charge is 0.299 e. The van der Waals surface area contributed by atoms with Gasteiger partial charge in [-0.3, -0.25) is 4.79 Å². The van der Waals surface area contributed by atoms with E-state index in [9.17, 15) is 4.79 Å². The molecule has 1 saturated carbocycles. The van der Waals surface area contributed by atoms with Gasteiger partial charge in [0.1, 0.15) is 5.78 Å². The summed E-state index contributed by atoms with van der Waals surface area (Å²) in [6.45, 7) is 3.59. The van der Waals surface area contributed by atoms with Crippen molar-refractivity contribution in [1.29, 1.82) is 0 Å². The van der Waals surface area contributed by atoms with Crippen LogP contribution in [0.1, 0.15) is 51.4 Å². The summed E-state index contributed by atoms with van der Waals surface area (Å²) in [5, 5.41) is 0. The molecule has 0 atom stereocenters. The second-order valence-electron chi connectivity index (χ2n) is 4.09. The third kappa shape index (κ3) is 4.25. The van der Waals surface area contributed by atoms with E-state index in [1.54, 1.807) is 6.08 Å². The number of allylic oxidation sites excluding steroid dienone is 1. The zero-order valence-electron chi connectivity index (χ0n) is 8.43. The first-order valence-electron chi connectivity index (χ1n) is 5.45. The highest BCUT2D eigenvalue weighted by Gasteiger charge is 2.14. The minimum absolute atomic E-state index is 0.377. The topological polar surface area (TPSA) is 17.1 Å². The molecule has 0 aliphatic heterocycles. The number of carbonyl (C=O) groups is 1. The van der Waals surface area contributed by atoms with E-state index in [1.807, 2.05) is 0 Å². The molecule has 74 valence electrons. The number of rotatable bonds is 4. The lowest BCUT2D eigenvalue weighted by Gasteiger charge is -2.11. The molecule has 0 bridgehead atoms. The molecule has 0 radical (unpaired) electrons.